The fourth-order valence-corrected chi connectivity index (χ4v) is 1.44. The van der Waals surface area contributed by atoms with Crippen LogP contribution in [0.3, 0.4) is 0 Å². The largest absolute Gasteiger partial charge is 0.478 e. The van der Waals surface area contributed by atoms with Crippen molar-refractivity contribution in [2.75, 3.05) is 12.4 Å². The first-order valence-electron chi connectivity index (χ1n) is 5.22. The molecule has 0 fully saturated rings. The molecule has 0 unspecified atom stereocenters. The van der Waals surface area contributed by atoms with Crippen LogP contribution in [0.1, 0.15) is 20.7 Å². The number of aromatic nitrogens is 3. The maximum Gasteiger partial charge on any atom is 0.336 e. The van der Waals surface area contributed by atoms with Crippen molar-refractivity contribution >= 4 is 17.8 Å². The van der Waals surface area contributed by atoms with Crippen molar-refractivity contribution in [3.05, 3.63) is 35.4 Å². The van der Waals surface area contributed by atoms with E-state index in [1.165, 1.54) is 25.3 Å². The van der Waals surface area contributed by atoms with Crippen LogP contribution in [0.4, 0.5) is 5.95 Å². The number of hydrogen-bond acceptors (Lipinski definition) is 5. The molecule has 0 spiro atoms. The summed E-state index contributed by atoms with van der Waals surface area (Å²) in [4.78, 5) is 26.7. The highest BCUT2D eigenvalue weighted by molar-refractivity contribution is 6.10. The number of carboxylic acid groups (broad SMARTS) is 1. The van der Waals surface area contributed by atoms with Gasteiger partial charge in [-0.15, -0.1) is 5.10 Å². The van der Waals surface area contributed by atoms with E-state index in [0.29, 0.717) is 0 Å². The number of hydrogen-bond donors (Lipinski definition) is 3. The normalized spacial score (nSPS) is 9.95. The predicted molar refractivity (Wildman–Crippen MR) is 64.3 cm³/mol. The molecule has 0 aliphatic rings. The molecule has 1 aromatic heterocycles. The van der Waals surface area contributed by atoms with Gasteiger partial charge in [-0.05, 0) is 12.1 Å². The van der Waals surface area contributed by atoms with Crippen LogP contribution < -0.4 is 10.1 Å². The zero-order chi connectivity index (χ0) is 13.8. The summed E-state index contributed by atoms with van der Waals surface area (Å²) in [5.74, 6) is -1.71. The van der Waals surface area contributed by atoms with Crippen LogP contribution in [0.5, 0.6) is 6.01 Å². The monoisotopic (exact) mass is 262 g/mol. The summed E-state index contributed by atoms with van der Waals surface area (Å²) in [6, 6.07) is 5.94. The van der Waals surface area contributed by atoms with Gasteiger partial charge in [0, 0.05) is 0 Å². The number of aromatic carboxylic acids is 1. The SMILES string of the molecule is COc1n[nH]c(NC(=O)c2ccccc2C(=O)O)n1. The Kier molecular flexibility index (Phi) is 3.42. The van der Waals surface area contributed by atoms with Crippen molar-refractivity contribution in [2.45, 2.75) is 0 Å². The number of nitrogens with zero attached hydrogens (tertiary/aromatic N) is 2. The lowest BCUT2D eigenvalue weighted by Gasteiger charge is -2.04. The lowest BCUT2D eigenvalue weighted by molar-refractivity contribution is 0.0692. The third-order valence-electron chi connectivity index (χ3n) is 2.28. The molecule has 19 heavy (non-hydrogen) atoms. The van der Waals surface area contributed by atoms with Crippen molar-refractivity contribution in [3.63, 3.8) is 0 Å². The lowest BCUT2D eigenvalue weighted by atomic mass is 10.1. The highest BCUT2D eigenvalue weighted by Crippen LogP contribution is 2.12. The van der Waals surface area contributed by atoms with Gasteiger partial charge in [-0.3, -0.25) is 10.1 Å². The fourth-order valence-electron chi connectivity index (χ4n) is 1.44. The molecule has 0 saturated carbocycles. The van der Waals surface area contributed by atoms with Crippen molar-refractivity contribution in [1.82, 2.24) is 15.2 Å². The van der Waals surface area contributed by atoms with Crippen LogP contribution in [-0.2, 0) is 0 Å². The highest BCUT2D eigenvalue weighted by Gasteiger charge is 2.17. The Labute approximate surface area is 107 Å². The third-order valence-corrected chi connectivity index (χ3v) is 2.28. The van der Waals surface area contributed by atoms with E-state index in [0.717, 1.165) is 0 Å². The minimum Gasteiger partial charge on any atom is -0.478 e. The molecule has 8 heteroatoms. The summed E-state index contributed by atoms with van der Waals surface area (Å²) in [5.41, 5.74) is -0.0585. The van der Waals surface area contributed by atoms with Crippen LogP contribution in [-0.4, -0.2) is 39.3 Å². The summed E-state index contributed by atoms with van der Waals surface area (Å²) in [6.07, 6.45) is 0. The maximum absolute atomic E-state index is 11.9. The van der Waals surface area contributed by atoms with Gasteiger partial charge in [0.05, 0.1) is 18.2 Å². The molecule has 2 aromatic rings. The van der Waals surface area contributed by atoms with E-state index in [4.69, 9.17) is 9.84 Å². The van der Waals surface area contributed by atoms with E-state index in [1.54, 1.807) is 6.07 Å². The van der Waals surface area contributed by atoms with Crippen molar-refractivity contribution in [2.24, 2.45) is 0 Å². The molecule has 2 rings (SSSR count). The number of anilines is 1. The number of methoxy groups -OCH3 is 1. The Bertz CT molecular complexity index is 623. The number of carbonyl (C=O) groups is 2. The van der Waals surface area contributed by atoms with E-state index >= 15 is 0 Å². The number of amides is 1. The topological polar surface area (TPSA) is 117 Å². The Morgan fingerprint density at radius 2 is 2.00 bits per heavy atom. The Balaban J connectivity index is 2.22. The van der Waals surface area contributed by atoms with Crippen LogP contribution in [0.15, 0.2) is 24.3 Å². The van der Waals surface area contributed by atoms with E-state index in [1.807, 2.05) is 0 Å². The summed E-state index contributed by atoms with van der Waals surface area (Å²) >= 11 is 0. The molecule has 0 atom stereocenters. The quantitative estimate of drug-likeness (QED) is 0.748. The summed E-state index contributed by atoms with van der Waals surface area (Å²) in [6.45, 7) is 0. The van der Waals surface area contributed by atoms with E-state index < -0.39 is 11.9 Å². The molecule has 0 aliphatic heterocycles. The number of aromatic amines is 1. The second-order valence-electron chi connectivity index (χ2n) is 3.48. The van der Waals surface area contributed by atoms with Crippen LogP contribution in [0.2, 0.25) is 0 Å². The number of H-pyrrole nitrogens is 1. The molecule has 0 radical (unpaired) electrons. The number of rotatable bonds is 4. The second-order valence-corrected chi connectivity index (χ2v) is 3.48. The van der Waals surface area contributed by atoms with Crippen LogP contribution in [0.25, 0.3) is 0 Å². The number of carbonyl (C=O) groups excluding carboxylic acids is 1. The van der Waals surface area contributed by atoms with Gasteiger partial charge in [0.25, 0.3) is 5.91 Å². The Morgan fingerprint density at radius 1 is 1.32 bits per heavy atom. The number of carboxylic acids is 1. The van der Waals surface area contributed by atoms with Crippen molar-refractivity contribution in [1.29, 1.82) is 0 Å². The Hall–Kier alpha value is -2.90. The predicted octanol–water partition coefficient (Wildman–Crippen LogP) is 0.764. The highest BCUT2D eigenvalue weighted by atomic mass is 16.5. The first-order valence-corrected chi connectivity index (χ1v) is 5.22. The summed E-state index contributed by atoms with van der Waals surface area (Å²) < 4.78 is 4.75. The molecule has 1 heterocycles. The summed E-state index contributed by atoms with van der Waals surface area (Å²) in [7, 11) is 1.38. The van der Waals surface area contributed by atoms with Gasteiger partial charge in [-0.25, -0.2) is 9.89 Å². The average molecular weight is 262 g/mol. The van der Waals surface area contributed by atoms with Crippen LogP contribution >= 0.6 is 0 Å². The van der Waals surface area contributed by atoms with Crippen LogP contribution in [0, 0.1) is 0 Å². The minimum atomic E-state index is -1.18. The van der Waals surface area contributed by atoms with Gasteiger partial charge in [-0.1, -0.05) is 12.1 Å². The molecule has 0 bridgehead atoms. The standard InChI is InChI=1S/C11H10N4O4/c1-19-11-13-10(14-15-11)12-8(16)6-4-2-3-5-7(6)9(17)18/h2-5H,1H3,(H,17,18)(H2,12,13,14,15,16). The zero-order valence-electron chi connectivity index (χ0n) is 9.88. The maximum atomic E-state index is 11.9. The second kappa shape index (κ2) is 5.17. The molecular formula is C11H10N4O4. The Morgan fingerprint density at radius 3 is 2.58 bits per heavy atom. The van der Waals surface area contributed by atoms with Gasteiger partial charge in [0.15, 0.2) is 0 Å². The number of ether oxygens (including phenoxy) is 1. The minimum absolute atomic E-state index is 0.0327. The molecule has 1 aromatic carbocycles. The first-order chi connectivity index (χ1) is 9.11. The van der Waals surface area contributed by atoms with Gasteiger partial charge < -0.3 is 9.84 Å². The third kappa shape index (κ3) is 2.68. The molecule has 3 N–H and O–H groups in total. The number of benzene rings is 1. The van der Waals surface area contributed by atoms with E-state index in [2.05, 4.69) is 20.5 Å². The van der Waals surface area contributed by atoms with Crippen molar-refractivity contribution < 1.29 is 19.4 Å². The zero-order valence-corrected chi connectivity index (χ0v) is 9.88. The van der Waals surface area contributed by atoms with E-state index in [9.17, 15) is 9.59 Å². The average Bonchev–Trinajstić information content (AvgIpc) is 2.86. The smallest absolute Gasteiger partial charge is 0.336 e. The first kappa shape index (κ1) is 12.6. The lowest BCUT2D eigenvalue weighted by Crippen LogP contribution is -2.17. The van der Waals surface area contributed by atoms with Gasteiger partial charge in [0.1, 0.15) is 0 Å². The van der Waals surface area contributed by atoms with Gasteiger partial charge in [-0.2, -0.15) is 4.98 Å². The molecule has 8 nitrogen and oxygen atoms in total. The van der Waals surface area contributed by atoms with Crippen molar-refractivity contribution in [3.8, 4) is 6.01 Å². The fraction of sp³-hybridized carbons (Fsp3) is 0.0909. The van der Waals surface area contributed by atoms with Gasteiger partial charge in [0.2, 0.25) is 5.95 Å². The van der Waals surface area contributed by atoms with E-state index in [-0.39, 0.29) is 23.1 Å². The molecular weight excluding hydrogens is 252 g/mol. The molecule has 0 aliphatic carbocycles. The van der Waals surface area contributed by atoms with Gasteiger partial charge >= 0.3 is 12.0 Å². The number of nitrogens with one attached hydrogen (secondary N) is 2. The molecule has 0 saturated heterocycles. The molecule has 1 amide bonds. The summed E-state index contributed by atoms with van der Waals surface area (Å²) in [5, 5.41) is 17.5. The molecule has 98 valence electrons.